The summed E-state index contributed by atoms with van der Waals surface area (Å²) in [5.74, 6) is 0. The molecule has 0 saturated carbocycles. The SMILES string of the molecule is c1ccc(-c2ccc3c(c2)c2cccc4c5ccc(-c6ccc7c8cccc9c%10ccccc%10n(c7c6)c98)cc5n3c24)cc1. The predicted molar refractivity (Wildman–Crippen MR) is 187 cm³/mol. The predicted octanol–water partition coefficient (Wildman–Crippen LogP) is 11.3. The van der Waals surface area contributed by atoms with E-state index in [1.165, 1.54) is 98.4 Å². The largest absolute Gasteiger partial charge is 0.308 e. The summed E-state index contributed by atoms with van der Waals surface area (Å²) in [4.78, 5) is 0. The lowest BCUT2D eigenvalue weighted by Gasteiger charge is -2.06. The molecule has 0 radical (unpaired) electrons. The third-order valence-corrected chi connectivity index (χ3v) is 9.98. The van der Waals surface area contributed by atoms with Crippen LogP contribution in [-0.2, 0) is 0 Å². The summed E-state index contributed by atoms with van der Waals surface area (Å²) in [7, 11) is 0. The van der Waals surface area contributed by atoms with Crippen LogP contribution in [0, 0.1) is 0 Å². The van der Waals surface area contributed by atoms with E-state index in [1.807, 2.05) is 0 Å². The minimum Gasteiger partial charge on any atom is -0.308 e. The minimum absolute atomic E-state index is 1.24. The Kier molecular flexibility index (Phi) is 4.10. The molecule has 4 aromatic heterocycles. The molecule has 44 heavy (non-hydrogen) atoms. The molecule has 2 heteroatoms. The second-order valence-electron chi connectivity index (χ2n) is 12.2. The Labute approximate surface area is 252 Å². The molecule has 0 bridgehead atoms. The van der Waals surface area contributed by atoms with E-state index in [0.29, 0.717) is 0 Å². The van der Waals surface area contributed by atoms with Crippen LogP contribution in [0.2, 0.25) is 0 Å². The van der Waals surface area contributed by atoms with Crippen LogP contribution < -0.4 is 0 Å². The van der Waals surface area contributed by atoms with E-state index in [2.05, 4.69) is 154 Å². The monoisotopic (exact) mass is 556 g/mol. The molecule has 0 spiro atoms. The second-order valence-corrected chi connectivity index (χ2v) is 12.2. The Morgan fingerprint density at radius 1 is 0.250 bits per heavy atom. The number of benzene rings is 7. The Bertz CT molecular complexity index is 2920. The van der Waals surface area contributed by atoms with Crippen LogP contribution in [0.4, 0.5) is 0 Å². The van der Waals surface area contributed by atoms with Gasteiger partial charge in [-0.2, -0.15) is 0 Å². The molecule has 4 heterocycles. The van der Waals surface area contributed by atoms with Crippen molar-refractivity contribution in [3.8, 4) is 22.3 Å². The molecule has 0 unspecified atom stereocenters. The quantitative estimate of drug-likeness (QED) is 0.200. The van der Waals surface area contributed by atoms with Crippen molar-refractivity contribution in [1.82, 2.24) is 8.80 Å². The van der Waals surface area contributed by atoms with Gasteiger partial charge >= 0.3 is 0 Å². The van der Waals surface area contributed by atoms with Gasteiger partial charge < -0.3 is 8.80 Å². The third-order valence-electron chi connectivity index (χ3n) is 9.98. The molecule has 0 aliphatic carbocycles. The van der Waals surface area contributed by atoms with Crippen LogP contribution in [-0.4, -0.2) is 8.80 Å². The Hall–Kier alpha value is -5.86. The van der Waals surface area contributed by atoms with E-state index in [1.54, 1.807) is 0 Å². The summed E-state index contributed by atoms with van der Waals surface area (Å²) >= 11 is 0. The Morgan fingerprint density at radius 3 is 1.34 bits per heavy atom. The van der Waals surface area contributed by atoms with Gasteiger partial charge in [-0.1, -0.05) is 115 Å². The van der Waals surface area contributed by atoms with Gasteiger partial charge in [-0.15, -0.1) is 0 Å². The van der Waals surface area contributed by atoms with Crippen LogP contribution in [0.25, 0.3) is 98.4 Å². The highest BCUT2D eigenvalue weighted by molar-refractivity contribution is 6.25. The maximum atomic E-state index is 2.49. The van der Waals surface area contributed by atoms with Crippen molar-refractivity contribution in [2.75, 3.05) is 0 Å². The molecule has 0 N–H and O–H groups in total. The fraction of sp³-hybridized carbons (Fsp3) is 0. The molecule has 11 aromatic rings. The first-order valence-electron chi connectivity index (χ1n) is 15.3. The van der Waals surface area contributed by atoms with Gasteiger partial charge in [-0.05, 0) is 52.6 Å². The molecule has 2 nitrogen and oxygen atoms in total. The van der Waals surface area contributed by atoms with Gasteiger partial charge in [0.1, 0.15) is 0 Å². The number of fused-ring (bicyclic) bond motifs is 12. The highest BCUT2D eigenvalue weighted by atomic mass is 14.9. The van der Waals surface area contributed by atoms with Crippen LogP contribution in [0.5, 0.6) is 0 Å². The average Bonchev–Trinajstić information content (AvgIpc) is 3.81. The molecule has 0 aliphatic heterocycles. The number of hydrogen-bond donors (Lipinski definition) is 0. The highest BCUT2D eigenvalue weighted by Gasteiger charge is 2.20. The maximum absolute atomic E-state index is 2.49. The van der Waals surface area contributed by atoms with Crippen LogP contribution >= 0.6 is 0 Å². The zero-order chi connectivity index (χ0) is 28.5. The molecule has 0 saturated heterocycles. The molecule has 7 aromatic carbocycles. The fourth-order valence-electron chi connectivity index (χ4n) is 8.08. The zero-order valence-corrected chi connectivity index (χ0v) is 23.8. The van der Waals surface area contributed by atoms with Crippen molar-refractivity contribution in [2.24, 2.45) is 0 Å². The normalized spacial score (nSPS) is 12.5. The van der Waals surface area contributed by atoms with E-state index in [-0.39, 0.29) is 0 Å². The first-order valence-corrected chi connectivity index (χ1v) is 15.3. The maximum Gasteiger partial charge on any atom is 0.0620 e. The summed E-state index contributed by atoms with van der Waals surface area (Å²) < 4.78 is 4.95. The van der Waals surface area contributed by atoms with Crippen LogP contribution in [0.1, 0.15) is 0 Å². The lowest BCUT2D eigenvalue weighted by Crippen LogP contribution is -1.85. The summed E-state index contributed by atoms with van der Waals surface area (Å²) in [6, 6.07) is 53.9. The van der Waals surface area contributed by atoms with Crippen molar-refractivity contribution in [3.05, 3.63) is 146 Å². The van der Waals surface area contributed by atoms with E-state index >= 15 is 0 Å². The van der Waals surface area contributed by atoms with Crippen molar-refractivity contribution in [1.29, 1.82) is 0 Å². The first-order chi connectivity index (χ1) is 21.8. The van der Waals surface area contributed by atoms with Gasteiger partial charge in [0.15, 0.2) is 0 Å². The molecular weight excluding hydrogens is 532 g/mol. The molecule has 0 amide bonds. The summed E-state index contributed by atoms with van der Waals surface area (Å²) in [5, 5.41) is 10.5. The average molecular weight is 557 g/mol. The molecule has 0 atom stereocenters. The fourth-order valence-corrected chi connectivity index (χ4v) is 8.08. The van der Waals surface area contributed by atoms with E-state index in [4.69, 9.17) is 0 Å². The van der Waals surface area contributed by atoms with E-state index in [9.17, 15) is 0 Å². The molecule has 0 fully saturated rings. The lowest BCUT2D eigenvalue weighted by molar-refractivity contribution is 1.36. The highest BCUT2D eigenvalue weighted by Crippen LogP contribution is 2.43. The van der Waals surface area contributed by atoms with Gasteiger partial charge in [0.25, 0.3) is 0 Å². The number of rotatable bonds is 2. The van der Waals surface area contributed by atoms with Crippen molar-refractivity contribution in [3.63, 3.8) is 0 Å². The van der Waals surface area contributed by atoms with Crippen LogP contribution in [0.3, 0.4) is 0 Å². The first kappa shape index (κ1) is 22.7. The Balaban J connectivity index is 1.18. The van der Waals surface area contributed by atoms with Gasteiger partial charge in [-0.25, -0.2) is 0 Å². The number of aromatic nitrogens is 2. The Morgan fingerprint density at radius 2 is 0.705 bits per heavy atom. The molecular formula is C42H24N2. The zero-order valence-electron chi connectivity index (χ0n) is 23.8. The van der Waals surface area contributed by atoms with Crippen molar-refractivity contribution >= 4 is 76.2 Å². The van der Waals surface area contributed by atoms with Crippen molar-refractivity contribution < 1.29 is 0 Å². The van der Waals surface area contributed by atoms with Gasteiger partial charge in [0.05, 0.1) is 33.1 Å². The van der Waals surface area contributed by atoms with E-state index < -0.39 is 0 Å². The topological polar surface area (TPSA) is 8.82 Å². The summed E-state index contributed by atoms with van der Waals surface area (Å²) in [6.45, 7) is 0. The molecule has 11 rings (SSSR count). The van der Waals surface area contributed by atoms with Gasteiger partial charge in [0, 0.05) is 43.1 Å². The minimum atomic E-state index is 1.24. The van der Waals surface area contributed by atoms with Gasteiger partial charge in [-0.3, -0.25) is 0 Å². The van der Waals surface area contributed by atoms with E-state index in [0.717, 1.165) is 0 Å². The number of nitrogens with zero attached hydrogens (tertiary/aromatic N) is 2. The lowest BCUT2D eigenvalue weighted by atomic mass is 10.00. The summed E-state index contributed by atoms with van der Waals surface area (Å²) in [5.41, 5.74) is 12.7. The smallest absolute Gasteiger partial charge is 0.0620 e. The van der Waals surface area contributed by atoms with Crippen molar-refractivity contribution in [2.45, 2.75) is 0 Å². The number of para-hydroxylation sites is 3. The van der Waals surface area contributed by atoms with Gasteiger partial charge in [0.2, 0.25) is 0 Å². The molecule has 202 valence electrons. The molecule has 0 aliphatic rings. The van der Waals surface area contributed by atoms with Crippen LogP contribution in [0.15, 0.2) is 146 Å². The summed E-state index contributed by atoms with van der Waals surface area (Å²) in [6.07, 6.45) is 0. The number of hydrogen-bond acceptors (Lipinski definition) is 0. The standard InChI is InChI=1S/C42H24N2/c1-2-8-25(9-3-1)26-18-21-38-36(22-26)35-14-7-13-34-31-20-17-28(24-40(31)44(38)42(34)35)27-16-19-30-33-12-6-11-32-29-10-4-5-15-37(29)43(41(32)33)39(30)23-27/h1-24H. The second kappa shape index (κ2) is 7.94. The third kappa shape index (κ3) is 2.72.